The van der Waals surface area contributed by atoms with E-state index in [0.29, 0.717) is 10.7 Å². The maximum Gasteiger partial charge on any atom is 0.318 e. The summed E-state index contributed by atoms with van der Waals surface area (Å²) in [6, 6.07) is 4.32. The lowest BCUT2D eigenvalue weighted by molar-refractivity contribution is -0.135. The Hall–Kier alpha value is -2.28. The zero-order valence-corrected chi connectivity index (χ0v) is 19.4. The number of hydrogen-bond donors (Lipinski definition) is 3. The van der Waals surface area contributed by atoms with E-state index in [9.17, 15) is 14.4 Å². The number of halogens is 1. The van der Waals surface area contributed by atoms with Gasteiger partial charge in [-0.3, -0.25) is 9.59 Å². The van der Waals surface area contributed by atoms with Crippen molar-refractivity contribution in [2.45, 2.75) is 95.3 Å². The third kappa shape index (κ3) is 5.20. The summed E-state index contributed by atoms with van der Waals surface area (Å²) in [6.07, 6.45) is 9.06. The first-order valence-electron chi connectivity index (χ1n) is 11.9. The first kappa shape index (κ1) is 22.9. The number of benzene rings is 1. The molecule has 4 amide bonds. The van der Waals surface area contributed by atoms with Gasteiger partial charge < -0.3 is 20.9 Å². The van der Waals surface area contributed by atoms with Crippen LogP contribution >= 0.6 is 11.6 Å². The van der Waals surface area contributed by atoms with Crippen molar-refractivity contribution in [3.05, 3.63) is 28.8 Å². The lowest BCUT2D eigenvalue weighted by atomic mass is 9.85. The van der Waals surface area contributed by atoms with E-state index in [2.05, 4.69) is 16.0 Å². The van der Waals surface area contributed by atoms with Crippen molar-refractivity contribution in [1.29, 1.82) is 0 Å². The number of amides is 4. The lowest BCUT2D eigenvalue weighted by Crippen LogP contribution is -2.69. The van der Waals surface area contributed by atoms with Gasteiger partial charge in [-0.1, -0.05) is 49.8 Å². The second-order valence-electron chi connectivity index (χ2n) is 9.39. The van der Waals surface area contributed by atoms with Crippen molar-refractivity contribution in [1.82, 2.24) is 15.5 Å². The number of nitrogens with one attached hydrogen (secondary N) is 3. The number of fused-ring (bicyclic) bond motifs is 1. The van der Waals surface area contributed by atoms with Crippen LogP contribution in [0.3, 0.4) is 0 Å². The van der Waals surface area contributed by atoms with Gasteiger partial charge in [-0.15, -0.1) is 0 Å². The molecule has 3 fully saturated rings. The van der Waals surface area contributed by atoms with Gasteiger partial charge in [0.1, 0.15) is 6.04 Å². The molecule has 3 aliphatic rings. The molecular weight excluding hydrogens is 428 g/mol. The fraction of sp³-hybridized carbons (Fsp3) is 0.625. The first-order valence-corrected chi connectivity index (χ1v) is 12.3. The van der Waals surface area contributed by atoms with Gasteiger partial charge in [-0.25, -0.2) is 4.79 Å². The molecule has 4 rings (SSSR count). The Morgan fingerprint density at radius 2 is 1.81 bits per heavy atom. The largest absolute Gasteiger partial charge is 0.349 e. The Labute approximate surface area is 194 Å². The fourth-order valence-corrected chi connectivity index (χ4v) is 5.47. The minimum absolute atomic E-state index is 0.0384. The van der Waals surface area contributed by atoms with Crippen LogP contribution in [0.2, 0.25) is 5.02 Å². The monoisotopic (exact) mass is 460 g/mol. The van der Waals surface area contributed by atoms with Crippen LogP contribution in [0.4, 0.5) is 10.5 Å². The number of aryl methyl sites for hydroxylation is 1. The van der Waals surface area contributed by atoms with Crippen LogP contribution in [-0.4, -0.2) is 46.9 Å². The van der Waals surface area contributed by atoms with Gasteiger partial charge in [0, 0.05) is 22.8 Å². The minimum Gasteiger partial charge on any atom is -0.349 e. The fourth-order valence-electron chi connectivity index (χ4n) is 5.29. The van der Waals surface area contributed by atoms with Gasteiger partial charge in [-0.2, -0.15) is 0 Å². The predicted octanol–water partition coefficient (Wildman–Crippen LogP) is 4.13. The normalized spacial score (nSPS) is 26.1. The summed E-state index contributed by atoms with van der Waals surface area (Å²) < 4.78 is 0. The Bertz CT molecular complexity index is 871. The Morgan fingerprint density at radius 1 is 1.09 bits per heavy atom. The molecule has 3 atom stereocenters. The smallest absolute Gasteiger partial charge is 0.318 e. The molecule has 1 aliphatic heterocycles. The summed E-state index contributed by atoms with van der Waals surface area (Å²) in [5.41, 5.74) is 1.50. The van der Waals surface area contributed by atoms with E-state index >= 15 is 0 Å². The van der Waals surface area contributed by atoms with Crippen LogP contribution in [0.25, 0.3) is 0 Å². The Kier molecular flexibility index (Phi) is 7.23. The van der Waals surface area contributed by atoms with E-state index in [1.165, 1.54) is 6.42 Å². The van der Waals surface area contributed by atoms with Gasteiger partial charge in [0.25, 0.3) is 0 Å². The summed E-state index contributed by atoms with van der Waals surface area (Å²) >= 11 is 6.17. The van der Waals surface area contributed by atoms with Crippen molar-refractivity contribution in [3.63, 3.8) is 0 Å². The third-order valence-corrected chi connectivity index (χ3v) is 7.46. The number of carbonyl (C=O) groups is 3. The molecule has 0 aromatic heterocycles. The molecule has 2 saturated carbocycles. The number of anilines is 1. The highest BCUT2D eigenvalue weighted by Crippen LogP contribution is 2.30. The summed E-state index contributed by atoms with van der Waals surface area (Å²) in [5.74, 6) is -0.557. The topological polar surface area (TPSA) is 90.5 Å². The van der Waals surface area contributed by atoms with E-state index in [1.54, 1.807) is 17.0 Å². The average molecular weight is 461 g/mol. The summed E-state index contributed by atoms with van der Waals surface area (Å²) in [6.45, 7) is 1.89. The van der Waals surface area contributed by atoms with Crippen LogP contribution in [0.1, 0.15) is 69.8 Å². The highest BCUT2D eigenvalue weighted by molar-refractivity contribution is 6.31. The zero-order chi connectivity index (χ0) is 22.7. The number of rotatable bonds is 4. The molecule has 174 valence electrons. The molecular formula is C24H33ClN4O3. The average Bonchev–Trinajstić information content (AvgIpc) is 2.77. The van der Waals surface area contributed by atoms with Crippen molar-refractivity contribution < 1.29 is 14.4 Å². The van der Waals surface area contributed by atoms with Crippen molar-refractivity contribution in [3.8, 4) is 0 Å². The second kappa shape index (κ2) is 10.1. The summed E-state index contributed by atoms with van der Waals surface area (Å²) in [7, 11) is 0. The Balaban J connectivity index is 1.50. The molecule has 2 aliphatic carbocycles. The van der Waals surface area contributed by atoms with Crippen LogP contribution < -0.4 is 16.0 Å². The van der Waals surface area contributed by atoms with Gasteiger partial charge >= 0.3 is 6.03 Å². The molecule has 1 aromatic carbocycles. The zero-order valence-electron chi connectivity index (χ0n) is 18.7. The third-order valence-electron chi connectivity index (χ3n) is 7.05. The van der Waals surface area contributed by atoms with E-state index < -0.39 is 6.04 Å². The standard InChI is InChI=1S/C24H33ClN4O3/c1-15-11-12-17(13-18(15)25)26-22(30)14-21-23(31)28-19-9-5-6-10-20(19)29(21)24(32)27-16-7-3-2-4-8-16/h11-13,16,19-21H,2-10,14H2,1H3,(H,26,30)(H,27,32)(H,28,31)/t19-,20+,21-/m1/s1. The van der Waals surface area contributed by atoms with Crippen LogP contribution in [0.15, 0.2) is 18.2 Å². The van der Waals surface area contributed by atoms with Crippen molar-refractivity contribution >= 4 is 35.1 Å². The predicted molar refractivity (Wildman–Crippen MR) is 125 cm³/mol. The molecule has 8 heteroatoms. The maximum atomic E-state index is 13.4. The molecule has 1 saturated heterocycles. The maximum absolute atomic E-state index is 13.4. The first-order chi connectivity index (χ1) is 15.4. The molecule has 32 heavy (non-hydrogen) atoms. The van der Waals surface area contributed by atoms with E-state index in [1.807, 2.05) is 13.0 Å². The molecule has 3 N–H and O–H groups in total. The number of piperazine rings is 1. The number of nitrogens with zero attached hydrogens (tertiary/aromatic N) is 1. The minimum atomic E-state index is -0.820. The summed E-state index contributed by atoms with van der Waals surface area (Å²) in [5, 5.41) is 9.64. The molecule has 0 radical (unpaired) electrons. The van der Waals surface area contributed by atoms with Gasteiger partial charge in [0.05, 0.1) is 12.5 Å². The van der Waals surface area contributed by atoms with E-state index in [-0.39, 0.29) is 42.4 Å². The highest BCUT2D eigenvalue weighted by atomic mass is 35.5. The van der Waals surface area contributed by atoms with Crippen LogP contribution in [0.5, 0.6) is 0 Å². The Morgan fingerprint density at radius 3 is 2.56 bits per heavy atom. The SMILES string of the molecule is Cc1ccc(NC(=O)C[C@@H]2C(=O)N[C@@H]3CCCC[C@@H]3N2C(=O)NC2CCCCC2)cc1Cl. The van der Waals surface area contributed by atoms with E-state index in [4.69, 9.17) is 11.6 Å². The quantitative estimate of drug-likeness (QED) is 0.630. The molecule has 7 nitrogen and oxygen atoms in total. The number of carbonyl (C=O) groups excluding carboxylic acids is 3. The molecule has 1 aromatic rings. The van der Waals surface area contributed by atoms with Crippen LogP contribution in [-0.2, 0) is 9.59 Å². The lowest BCUT2D eigenvalue weighted by Gasteiger charge is -2.48. The van der Waals surface area contributed by atoms with Gasteiger partial charge in [0.2, 0.25) is 11.8 Å². The number of urea groups is 1. The molecule has 1 heterocycles. The number of hydrogen-bond acceptors (Lipinski definition) is 3. The molecule has 0 unspecified atom stereocenters. The van der Waals surface area contributed by atoms with Crippen LogP contribution in [0, 0.1) is 6.92 Å². The van der Waals surface area contributed by atoms with Gasteiger partial charge in [-0.05, 0) is 50.3 Å². The van der Waals surface area contributed by atoms with Crippen molar-refractivity contribution in [2.24, 2.45) is 0 Å². The van der Waals surface area contributed by atoms with Gasteiger partial charge in [0.15, 0.2) is 0 Å². The highest BCUT2D eigenvalue weighted by Gasteiger charge is 2.46. The molecule has 0 bridgehead atoms. The summed E-state index contributed by atoms with van der Waals surface area (Å²) in [4.78, 5) is 40.9. The van der Waals surface area contributed by atoms with E-state index in [0.717, 1.165) is 56.9 Å². The molecule has 0 spiro atoms. The van der Waals surface area contributed by atoms with Crippen molar-refractivity contribution in [2.75, 3.05) is 5.32 Å². The second-order valence-corrected chi connectivity index (χ2v) is 9.80.